The number of anilines is 1. The minimum atomic E-state index is -0.812. The molecule has 0 saturated carbocycles. The van der Waals surface area contributed by atoms with E-state index in [2.05, 4.69) is 22.9 Å². The number of hydrogen-bond donors (Lipinski definition) is 0. The molecule has 0 bridgehead atoms. The molecule has 4 aromatic rings. The minimum Gasteiger partial charge on any atom is -0.493 e. The van der Waals surface area contributed by atoms with Crippen LogP contribution in [0.15, 0.2) is 74.3 Å². The predicted octanol–water partition coefficient (Wildman–Crippen LogP) is 7.45. The fourth-order valence-corrected chi connectivity index (χ4v) is 5.54. The molecule has 42 heavy (non-hydrogen) atoms. The van der Waals surface area contributed by atoms with Crippen LogP contribution in [0, 0.1) is 0 Å². The van der Waals surface area contributed by atoms with Crippen molar-refractivity contribution in [2.75, 3.05) is 25.2 Å². The lowest BCUT2D eigenvalue weighted by Crippen LogP contribution is -2.29. The van der Waals surface area contributed by atoms with Crippen molar-refractivity contribution in [2.45, 2.75) is 45.6 Å². The molecule has 0 spiro atoms. The van der Waals surface area contributed by atoms with Gasteiger partial charge in [-0.25, -0.2) is 4.79 Å². The van der Waals surface area contributed by atoms with Gasteiger partial charge in [-0.2, -0.15) is 0 Å². The van der Waals surface area contributed by atoms with Gasteiger partial charge < -0.3 is 18.6 Å². The highest BCUT2D eigenvalue weighted by Gasteiger charge is 2.44. The number of carbonyl (C=O) groups is 2. The largest absolute Gasteiger partial charge is 0.493 e. The summed E-state index contributed by atoms with van der Waals surface area (Å²) in [7, 11) is 1.56. The average Bonchev–Trinajstić information content (AvgIpc) is 3.29. The van der Waals surface area contributed by atoms with Crippen LogP contribution in [-0.2, 0) is 4.74 Å². The number of hydrogen-bond acceptors (Lipinski definition) is 7. The minimum absolute atomic E-state index is 0.0236. The van der Waals surface area contributed by atoms with E-state index in [1.807, 2.05) is 6.07 Å². The highest BCUT2D eigenvalue weighted by atomic mass is 79.9. The highest BCUT2D eigenvalue weighted by Crippen LogP contribution is 2.43. The lowest BCUT2D eigenvalue weighted by Gasteiger charge is -2.26. The van der Waals surface area contributed by atoms with Gasteiger partial charge in [-0.1, -0.05) is 48.2 Å². The van der Waals surface area contributed by atoms with E-state index in [0.29, 0.717) is 45.9 Å². The van der Waals surface area contributed by atoms with Crippen molar-refractivity contribution >= 4 is 44.5 Å². The number of methoxy groups -OCH3 is 1. The van der Waals surface area contributed by atoms with Gasteiger partial charge in [0.05, 0.1) is 42.9 Å². The summed E-state index contributed by atoms with van der Waals surface area (Å²) in [4.78, 5) is 41.7. The Morgan fingerprint density at radius 2 is 1.74 bits per heavy atom. The molecular weight excluding hydrogens is 602 g/mol. The zero-order chi connectivity index (χ0) is 29.8. The summed E-state index contributed by atoms with van der Waals surface area (Å²) in [5, 5.41) is 0.361. The van der Waals surface area contributed by atoms with Crippen LogP contribution < -0.4 is 19.8 Å². The summed E-state index contributed by atoms with van der Waals surface area (Å²) in [5.41, 5.74) is 1.74. The number of amides is 1. The third-order valence-corrected chi connectivity index (χ3v) is 7.74. The molecule has 0 fully saturated rings. The van der Waals surface area contributed by atoms with Crippen molar-refractivity contribution in [3.8, 4) is 11.5 Å². The Labute approximate surface area is 252 Å². The third-order valence-electron chi connectivity index (χ3n) is 7.25. The van der Waals surface area contributed by atoms with E-state index >= 15 is 0 Å². The molecule has 3 aromatic carbocycles. The summed E-state index contributed by atoms with van der Waals surface area (Å²) in [6.45, 7) is 4.71. The Bertz CT molecular complexity index is 1680. The first kappa shape index (κ1) is 29.4. The molecule has 8 nitrogen and oxygen atoms in total. The van der Waals surface area contributed by atoms with E-state index in [1.54, 1.807) is 68.6 Å². The standard InChI is InChI=1S/C33H32BrNO7/c1-4-6-7-8-17-41-26-15-11-21(18-27(26)39-3)29-28-30(36)24-19-22(34)12-16-25(24)42-31(28)32(37)35(29)23-13-9-20(10-14-23)33(38)40-5-2/h9-16,18-19,29H,4-8,17H2,1-3H3. The van der Waals surface area contributed by atoms with Crippen LogP contribution in [-0.4, -0.2) is 32.2 Å². The number of carbonyl (C=O) groups excluding carboxylic acids is 2. The second kappa shape index (κ2) is 12.8. The maximum atomic E-state index is 14.0. The lowest BCUT2D eigenvalue weighted by atomic mass is 9.97. The summed E-state index contributed by atoms with van der Waals surface area (Å²) in [6.07, 6.45) is 4.31. The highest BCUT2D eigenvalue weighted by molar-refractivity contribution is 9.10. The van der Waals surface area contributed by atoms with Crippen LogP contribution in [0.1, 0.15) is 77.6 Å². The molecule has 1 aliphatic rings. The van der Waals surface area contributed by atoms with Gasteiger partial charge in [-0.3, -0.25) is 14.5 Å². The van der Waals surface area contributed by atoms with Crippen LogP contribution >= 0.6 is 15.9 Å². The summed E-state index contributed by atoms with van der Waals surface area (Å²) >= 11 is 3.43. The predicted molar refractivity (Wildman–Crippen MR) is 164 cm³/mol. The molecule has 9 heteroatoms. The number of fused-ring (bicyclic) bond motifs is 2. The quantitative estimate of drug-likeness (QED) is 0.125. The summed E-state index contributed by atoms with van der Waals surface area (Å²) in [5.74, 6) is 0.136. The first-order valence-corrected chi connectivity index (χ1v) is 14.8. The van der Waals surface area contributed by atoms with Crippen LogP contribution in [0.5, 0.6) is 11.5 Å². The van der Waals surface area contributed by atoms with E-state index in [4.69, 9.17) is 18.6 Å². The Morgan fingerprint density at radius 1 is 0.952 bits per heavy atom. The zero-order valence-electron chi connectivity index (χ0n) is 23.8. The van der Waals surface area contributed by atoms with Gasteiger partial charge in [-0.15, -0.1) is 0 Å². The Morgan fingerprint density at radius 3 is 2.45 bits per heavy atom. The van der Waals surface area contributed by atoms with Crippen molar-refractivity contribution in [1.29, 1.82) is 0 Å². The number of halogens is 1. The smallest absolute Gasteiger partial charge is 0.338 e. The Balaban J connectivity index is 1.61. The second-order valence-electron chi connectivity index (χ2n) is 9.98. The van der Waals surface area contributed by atoms with Crippen LogP contribution in [0.2, 0.25) is 0 Å². The topological polar surface area (TPSA) is 95.3 Å². The zero-order valence-corrected chi connectivity index (χ0v) is 25.4. The molecule has 5 rings (SSSR count). The molecule has 1 aliphatic heterocycles. The maximum Gasteiger partial charge on any atom is 0.338 e. The van der Waals surface area contributed by atoms with Crippen molar-refractivity contribution < 1.29 is 28.2 Å². The number of rotatable bonds is 11. The van der Waals surface area contributed by atoms with E-state index in [0.717, 1.165) is 30.2 Å². The van der Waals surface area contributed by atoms with E-state index in [9.17, 15) is 14.4 Å². The van der Waals surface area contributed by atoms with Gasteiger partial charge in [-0.05, 0) is 73.5 Å². The first-order chi connectivity index (χ1) is 20.4. The molecule has 1 amide bonds. The Hall–Kier alpha value is -4.11. The van der Waals surface area contributed by atoms with Gasteiger partial charge in [0, 0.05) is 10.2 Å². The molecule has 0 saturated heterocycles. The number of esters is 1. The average molecular weight is 635 g/mol. The van der Waals surface area contributed by atoms with Crippen molar-refractivity contribution in [3.63, 3.8) is 0 Å². The number of unbranched alkanes of at least 4 members (excludes halogenated alkanes) is 3. The van der Waals surface area contributed by atoms with Gasteiger partial charge in [0.1, 0.15) is 5.58 Å². The van der Waals surface area contributed by atoms with Crippen LogP contribution in [0.4, 0.5) is 5.69 Å². The monoisotopic (exact) mass is 633 g/mol. The fourth-order valence-electron chi connectivity index (χ4n) is 5.18. The van der Waals surface area contributed by atoms with Gasteiger partial charge in [0.15, 0.2) is 16.9 Å². The van der Waals surface area contributed by atoms with E-state index in [-0.39, 0.29) is 23.4 Å². The molecular formula is C33H32BrNO7. The van der Waals surface area contributed by atoms with Crippen molar-refractivity contribution in [3.05, 3.63) is 97.8 Å². The molecule has 0 aliphatic carbocycles. The number of ether oxygens (including phenoxy) is 3. The van der Waals surface area contributed by atoms with Gasteiger partial charge in [0.2, 0.25) is 5.76 Å². The summed E-state index contributed by atoms with van der Waals surface area (Å²) < 4.78 is 23.6. The SMILES string of the molecule is CCCCCCOc1ccc(C2c3c(oc4ccc(Br)cc4c3=O)C(=O)N2c2ccc(C(=O)OCC)cc2)cc1OC. The first-order valence-electron chi connectivity index (χ1n) is 14.1. The van der Waals surface area contributed by atoms with E-state index < -0.39 is 17.9 Å². The molecule has 1 atom stereocenters. The van der Waals surface area contributed by atoms with Crippen molar-refractivity contribution in [1.82, 2.24) is 0 Å². The lowest BCUT2D eigenvalue weighted by molar-refractivity contribution is 0.0526. The van der Waals surface area contributed by atoms with Gasteiger partial charge >= 0.3 is 5.97 Å². The van der Waals surface area contributed by atoms with Crippen molar-refractivity contribution in [2.24, 2.45) is 0 Å². The molecule has 1 unspecified atom stereocenters. The van der Waals surface area contributed by atoms with Crippen LogP contribution in [0.25, 0.3) is 11.0 Å². The fraction of sp³-hybridized carbons (Fsp3) is 0.303. The molecule has 0 radical (unpaired) electrons. The van der Waals surface area contributed by atoms with E-state index in [1.165, 1.54) is 4.90 Å². The molecule has 1 aromatic heterocycles. The summed E-state index contributed by atoms with van der Waals surface area (Å²) in [6, 6.07) is 16.2. The third kappa shape index (κ3) is 5.66. The second-order valence-corrected chi connectivity index (χ2v) is 10.9. The van der Waals surface area contributed by atoms with Gasteiger partial charge in [0.25, 0.3) is 5.91 Å². The number of benzene rings is 3. The molecule has 2 heterocycles. The Kier molecular flexibility index (Phi) is 8.97. The molecule has 0 N–H and O–H groups in total. The normalized spacial score (nSPS) is 14.2. The molecule has 218 valence electrons. The maximum absolute atomic E-state index is 14.0. The van der Waals surface area contributed by atoms with Crippen LogP contribution in [0.3, 0.4) is 0 Å². The number of nitrogens with zero attached hydrogens (tertiary/aromatic N) is 1.